The van der Waals surface area contributed by atoms with Crippen molar-refractivity contribution in [2.45, 2.75) is 32.7 Å². The minimum atomic E-state index is 0.298. The second-order valence-corrected chi connectivity index (χ2v) is 4.39. The molecule has 84 valence electrons. The van der Waals surface area contributed by atoms with Crippen molar-refractivity contribution in [3.05, 3.63) is 5.89 Å². The Morgan fingerprint density at radius 3 is 2.93 bits per heavy atom. The molecule has 2 heterocycles. The van der Waals surface area contributed by atoms with Crippen LogP contribution in [-0.2, 0) is 0 Å². The molecule has 1 saturated heterocycles. The van der Waals surface area contributed by atoms with Gasteiger partial charge in [-0.25, -0.2) is 0 Å². The van der Waals surface area contributed by atoms with Gasteiger partial charge in [0.15, 0.2) is 0 Å². The number of hydrogen-bond acceptors (Lipinski definition) is 5. The number of piperazine rings is 1. The highest BCUT2D eigenvalue weighted by atomic mass is 16.5. The van der Waals surface area contributed by atoms with Crippen molar-refractivity contribution in [1.82, 2.24) is 15.5 Å². The van der Waals surface area contributed by atoms with E-state index >= 15 is 0 Å². The van der Waals surface area contributed by atoms with E-state index in [-0.39, 0.29) is 0 Å². The molecule has 15 heavy (non-hydrogen) atoms. The van der Waals surface area contributed by atoms with Gasteiger partial charge in [0, 0.05) is 31.6 Å². The second kappa shape index (κ2) is 4.18. The quantitative estimate of drug-likeness (QED) is 0.789. The summed E-state index contributed by atoms with van der Waals surface area (Å²) in [5, 5.41) is 7.39. The monoisotopic (exact) mass is 210 g/mol. The molecule has 0 amide bonds. The lowest BCUT2D eigenvalue weighted by Crippen LogP contribution is -2.49. The fraction of sp³-hybridized carbons (Fsp3) is 0.800. The number of hydrogen-bond donors (Lipinski definition) is 1. The van der Waals surface area contributed by atoms with Gasteiger partial charge in [0.1, 0.15) is 0 Å². The molecule has 1 fully saturated rings. The Hall–Kier alpha value is -1.10. The summed E-state index contributed by atoms with van der Waals surface area (Å²) in [5.41, 5.74) is 0. The lowest BCUT2D eigenvalue weighted by atomic mass is 10.2. The summed E-state index contributed by atoms with van der Waals surface area (Å²) < 4.78 is 5.19. The van der Waals surface area contributed by atoms with Gasteiger partial charge >= 0.3 is 0 Å². The summed E-state index contributed by atoms with van der Waals surface area (Å²) in [7, 11) is 0. The Morgan fingerprint density at radius 2 is 2.33 bits per heavy atom. The molecule has 0 spiro atoms. The predicted molar refractivity (Wildman–Crippen MR) is 58.1 cm³/mol. The molecular weight excluding hydrogens is 192 g/mol. The van der Waals surface area contributed by atoms with Gasteiger partial charge < -0.3 is 14.7 Å². The molecule has 0 aromatic carbocycles. The van der Waals surface area contributed by atoms with Gasteiger partial charge in [-0.3, -0.25) is 0 Å². The average molecular weight is 210 g/mol. The third-order valence-electron chi connectivity index (χ3n) is 2.58. The molecule has 1 aromatic heterocycles. The van der Waals surface area contributed by atoms with Crippen LogP contribution in [0.4, 0.5) is 5.95 Å². The lowest BCUT2D eigenvalue weighted by molar-refractivity contribution is 0.362. The third kappa shape index (κ3) is 2.28. The van der Waals surface area contributed by atoms with Crippen LogP contribution in [0.25, 0.3) is 0 Å². The minimum absolute atomic E-state index is 0.298. The standard InChI is InChI=1S/C10H18N4O/c1-7(2)9-12-10(13-15-9)14-5-4-11-8(3)6-14/h7-8,11H,4-6H2,1-3H3. The molecule has 1 N–H and O–H groups in total. The number of aromatic nitrogens is 2. The Bertz CT molecular complexity index is 323. The van der Waals surface area contributed by atoms with Gasteiger partial charge in [-0.15, -0.1) is 0 Å². The lowest BCUT2D eigenvalue weighted by Gasteiger charge is -2.30. The maximum atomic E-state index is 5.19. The van der Waals surface area contributed by atoms with Crippen molar-refractivity contribution < 1.29 is 4.52 Å². The molecular formula is C10H18N4O. The Kier molecular flexibility index (Phi) is 2.90. The van der Waals surface area contributed by atoms with Crippen LogP contribution < -0.4 is 10.2 Å². The van der Waals surface area contributed by atoms with E-state index in [4.69, 9.17) is 4.52 Å². The number of nitrogens with zero attached hydrogens (tertiary/aromatic N) is 3. The molecule has 5 nitrogen and oxygen atoms in total. The minimum Gasteiger partial charge on any atom is -0.337 e. The highest BCUT2D eigenvalue weighted by Gasteiger charge is 2.20. The Labute approximate surface area is 89.8 Å². The summed E-state index contributed by atoms with van der Waals surface area (Å²) in [4.78, 5) is 6.55. The van der Waals surface area contributed by atoms with E-state index in [2.05, 4.69) is 41.1 Å². The van der Waals surface area contributed by atoms with Crippen LogP contribution in [0.15, 0.2) is 4.52 Å². The highest BCUT2D eigenvalue weighted by Crippen LogP contribution is 2.16. The molecule has 0 saturated carbocycles. The zero-order valence-electron chi connectivity index (χ0n) is 9.53. The number of anilines is 1. The van der Waals surface area contributed by atoms with Crippen LogP contribution in [0, 0.1) is 0 Å². The van der Waals surface area contributed by atoms with Crippen LogP contribution in [-0.4, -0.2) is 35.8 Å². The fourth-order valence-electron chi connectivity index (χ4n) is 1.70. The number of nitrogens with one attached hydrogen (secondary N) is 1. The second-order valence-electron chi connectivity index (χ2n) is 4.39. The molecule has 2 rings (SSSR count). The van der Waals surface area contributed by atoms with E-state index in [1.165, 1.54) is 0 Å². The Morgan fingerprint density at radius 1 is 1.53 bits per heavy atom. The smallest absolute Gasteiger partial charge is 0.266 e. The fourth-order valence-corrected chi connectivity index (χ4v) is 1.70. The SMILES string of the molecule is CC1CN(c2noc(C(C)C)n2)CCN1. The van der Waals surface area contributed by atoms with Gasteiger partial charge in [-0.05, 0) is 12.1 Å². The molecule has 1 aliphatic rings. The summed E-state index contributed by atoms with van der Waals surface area (Å²) in [5.74, 6) is 1.75. The average Bonchev–Trinajstić information content (AvgIpc) is 2.66. The first-order valence-corrected chi connectivity index (χ1v) is 5.48. The van der Waals surface area contributed by atoms with Crippen molar-refractivity contribution in [3.8, 4) is 0 Å². The molecule has 1 aliphatic heterocycles. The molecule has 1 unspecified atom stereocenters. The first kappa shape index (κ1) is 10.4. The van der Waals surface area contributed by atoms with E-state index in [1.54, 1.807) is 0 Å². The molecule has 1 atom stereocenters. The largest absolute Gasteiger partial charge is 0.337 e. The van der Waals surface area contributed by atoms with E-state index in [1.807, 2.05) is 0 Å². The molecule has 0 radical (unpaired) electrons. The first-order valence-electron chi connectivity index (χ1n) is 5.48. The highest BCUT2D eigenvalue weighted by molar-refractivity contribution is 5.29. The van der Waals surface area contributed by atoms with E-state index in [9.17, 15) is 0 Å². The summed E-state index contributed by atoms with van der Waals surface area (Å²) >= 11 is 0. The van der Waals surface area contributed by atoms with Crippen molar-refractivity contribution >= 4 is 5.95 Å². The van der Waals surface area contributed by atoms with Crippen LogP contribution in [0.1, 0.15) is 32.6 Å². The molecule has 5 heteroatoms. The van der Waals surface area contributed by atoms with Crippen molar-refractivity contribution in [3.63, 3.8) is 0 Å². The van der Waals surface area contributed by atoms with Crippen molar-refractivity contribution in [2.24, 2.45) is 0 Å². The van der Waals surface area contributed by atoms with Crippen LogP contribution in [0.3, 0.4) is 0 Å². The first-order chi connectivity index (χ1) is 7.16. The maximum absolute atomic E-state index is 5.19. The van der Waals surface area contributed by atoms with Crippen LogP contribution in [0.5, 0.6) is 0 Å². The molecule has 0 aliphatic carbocycles. The Balaban J connectivity index is 2.08. The van der Waals surface area contributed by atoms with Gasteiger partial charge in [-0.2, -0.15) is 4.98 Å². The summed E-state index contributed by atoms with van der Waals surface area (Å²) in [6.07, 6.45) is 0. The van der Waals surface area contributed by atoms with Crippen molar-refractivity contribution in [2.75, 3.05) is 24.5 Å². The normalized spacial score (nSPS) is 22.4. The van der Waals surface area contributed by atoms with Gasteiger partial charge in [-0.1, -0.05) is 13.8 Å². The van der Waals surface area contributed by atoms with Crippen molar-refractivity contribution in [1.29, 1.82) is 0 Å². The molecule has 0 bridgehead atoms. The summed E-state index contributed by atoms with van der Waals surface area (Å²) in [6.45, 7) is 9.14. The maximum Gasteiger partial charge on any atom is 0.266 e. The predicted octanol–water partition coefficient (Wildman–Crippen LogP) is 0.991. The number of rotatable bonds is 2. The zero-order chi connectivity index (χ0) is 10.8. The van der Waals surface area contributed by atoms with Gasteiger partial charge in [0.05, 0.1) is 0 Å². The van der Waals surface area contributed by atoms with E-state index < -0.39 is 0 Å². The van der Waals surface area contributed by atoms with Crippen LogP contribution >= 0.6 is 0 Å². The molecule has 1 aromatic rings. The van der Waals surface area contributed by atoms with Crippen LogP contribution in [0.2, 0.25) is 0 Å². The summed E-state index contributed by atoms with van der Waals surface area (Å²) in [6, 6.07) is 0.486. The van der Waals surface area contributed by atoms with E-state index in [0.717, 1.165) is 31.5 Å². The van der Waals surface area contributed by atoms with E-state index in [0.29, 0.717) is 12.0 Å². The van der Waals surface area contributed by atoms with Gasteiger partial charge in [0.2, 0.25) is 5.89 Å². The topological polar surface area (TPSA) is 54.2 Å². The van der Waals surface area contributed by atoms with Gasteiger partial charge in [0.25, 0.3) is 5.95 Å². The zero-order valence-corrected chi connectivity index (χ0v) is 9.53. The third-order valence-corrected chi connectivity index (χ3v) is 2.58.